The summed E-state index contributed by atoms with van der Waals surface area (Å²) in [5.41, 5.74) is 4.06. The fourth-order valence-corrected chi connectivity index (χ4v) is 2.27. The minimum absolute atomic E-state index is 0.183. The normalized spacial score (nSPS) is 12.6. The van der Waals surface area contributed by atoms with E-state index in [9.17, 15) is 4.39 Å². The van der Waals surface area contributed by atoms with Gasteiger partial charge in [0, 0.05) is 11.4 Å². The molecule has 1 atom stereocenters. The fourth-order valence-electron chi connectivity index (χ4n) is 1.62. The molecule has 0 radical (unpaired) electrons. The summed E-state index contributed by atoms with van der Waals surface area (Å²) < 4.78 is 12.7. The molecule has 0 aliphatic carbocycles. The highest BCUT2D eigenvalue weighted by Gasteiger charge is 2.05. The smallest absolute Gasteiger partial charge is 0.123 e. The van der Waals surface area contributed by atoms with Crippen LogP contribution in [0.15, 0.2) is 35.2 Å². The molecule has 1 unspecified atom stereocenters. The van der Waals surface area contributed by atoms with Crippen LogP contribution >= 0.6 is 11.3 Å². The highest BCUT2D eigenvalue weighted by Crippen LogP contribution is 2.11. The Morgan fingerprint density at radius 1 is 1.35 bits per heavy atom. The quantitative estimate of drug-likeness (QED) is 0.881. The summed E-state index contributed by atoms with van der Waals surface area (Å²) in [4.78, 5) is 4.26. The van der Waals surface area contributed by atoms with Gasteiger partial charge in [-0.1, -0.05) is 12.1 Å². The van der Waals surface area contributed by atoms with Gasteiger partial charge in [-0.25, -0.2) is 9.37 Å². The molecule has 2 nitrogen and oxygen atoms in total. The number of aromatic nitrogens is 1. The highest BCUT2D eigenvalue weighted by molar-refractivity contribution is 7.07. The van der Waals surface area contributed by atoms with E-state index in [-0.39, 0.29) is 11.9 Å². The number of nitrogens with one attached hydrogen (secondary N) is 1. The average Bonchev–Trinajstić information content (AvgIpc) is 2.85. The van der Waals surface area contributed by atoms with Crippen LogP contribution in [-0.4, -0.2) is 11.5 Å². The number of nitrogens with zero attached hydrogens (tertiary/aromatic N) is 1. The van der Waals surface area contributed by atoms with Gasteiger partial charge in [-0.2, -0.15) is 0 Å². The zero-order valence-electron chi connectivity index (χ0n) is 9.69. The summed E-state index contributed by atoms with van der Waals surface area (Å²) in [5.74, 6) is -0.183. The largest absolute Gasteiger partial charge is 0.308 e. The Balaban J connectivity index is 1.78. The number of hydrogen-bond donors (Lipinski definition) is 1. The Bertz CT molecular complexity index is 439. The Hall–Kier alpha value is -1.26. The maximum atomic E-state index is 12.7. The Labute approximate surface area is 105 Å². The summed E-state index contributed by atoms with van der Waals surface area (Å²) in [7, 11) is 0. The molecule has 0 aliphatic rings. The van der Waals surface area contributed by atoms with Crippen molar-refractivity contribution in [3.8, 4) is 0 Å². The molecule has 1 aromatic carbocycles. The predicted molar refractivity (Wildman–Crippen MR) is 68.6 cm³/mol. The summed E-state index contributed by atoms with van der Waals surface area (Å²) in [6.45, 7) is 2.96. The van der Waals surface area contributed by atoms with Gasteiger partial charge in [0.25, 0.3) is 0 Å². The third-order valence-electron chi connectivity index (χ3n) is 2.67. The van der Waals surface area contributed by atoms with E-state index >= 15 is 0 Å². The molecule has 2 rings (SSSR count). The van der Waals surface area contributed by atoms with Crippen molar-refractivity contribution in [1.82, 2.24) is 10.3 Å². The molecule has 0 aliphatic heterocycles. The van der Waals surface area contributed by atoms with Crippen molar-refractivity contribution in [1.29, 1.82) is 0 Å². The molecule has 0 spiro atoms. The molecule has 17 heavy (non-hydrogen) atoms. The van der Waals surface area contributed by atoms with Crippen molar-refractivity contribution >= 4 is 11.3 Å². The number of hydrogen-bond acceptors (Lipinski definition) is 3. The Kier molecular flexibility index (Phi) is 4.23. The number of halogens is 1. The van der Waals surface area contributed by atoms with Gasteiger partial charge in [0.15, 0.2) is 0 Å². The SMILES string of the molecule is CC(NCCc1ccc(F)cc1)c1cscn1. The predicted octanol–water partition coefficient (Wildman–Crippen LogP) is 3.18. The minimum Gasteiger partial charge on any atom is -0.308 e. The summed E-state index contributed by atoms with van der Waals surface area (Å²) >= 11 is 1.61. The molecule has 0 amide bonds. The van der Waals surface area contributed by atoms with Crippen molar-refractivity contribution in [2.24, 2.45) is 0 Å². The summed E-state index contributed by atoms with van der Waals surface area (Å²) in [5, 5.41) is 5.45. The van der Waals surface area contributed by atoms with Gasteiger partial charge in [0.05, 0.1) is 11.2 Å². The topological polar surface area (TPSA) is 24.9 Å². The van der Waals surface area contributed by atoms with Crippen molar-refractivity contribution in [3.05, 3.63) is 52.2 Å². The lowest BCUT2D eigenvalue weighted by Crippen LogP contribution is -2.21. The van der Waals surface area contributed by atoms with Gasteiger partial charge in [-0.05, 0) is 37.6 Å². The van der Waals surface area contributed by atoms with E-state index in [4.69, 9.17) is 0 Å². The van der Waals surface area contributed by atoms with Crippen LogP contribution in [0.5, 0.6) is 0 Å². The second-order valence-electron chi connectivity index (χ2n) is 3.97. The first kappa shape index (κ1) is 12.2. The van der Waals surface area contributed by atoms with E-state index in [0.717, 1.165) is 24.2 Å². The van der Waals surface area contributed by atoms with E-state index in [1.54, 1.807) is 11.3 Å². The van der Waals surface area contributed by atoms with Crippen molar-refractivity contribution in [2.75, 3.05) is 6.54 Å². The fraction of sp³-hybridized carbons (Fsp3) is 0.308. The Morgan fingerprint density at radius 3 is 2.76 bits per heavy atom. The van der Waals surface area contributed by atoms with Crippen LogP contribution in [0.1, 0.15) is 24.2 Å². The van der Waals surface area contributed by atoms with E-state index in [0.29, 0.717) is 0 Å². The van der Waals surface area contributed by atoms with E-state index in [1.165, 1.54) is 12.1 Å². The molecule has 90 valence electrons. The monoisotopic (exact) mass is 250 g/mol. The molecular formula is C13H15FN2S. The first-order valence-corrected chi connectivity index (χ1v) is 6.56. The van der Waals surface area contributed by atoms with Crippen LogP contribution in [0, 0.1) is 5.82 Å². The average molecular weight is 250 g/mol. The highest BCUT2D eigenvalue weighted by atomic mass is 32.1. The van der Waals surface area contributed by atoms with Gasteiger partial charge in [0.2, 0.25) is 0 Å². The molecule has 1 heterocycles. The van der Waals surface area contributed by atoms with Gasteiger partial charge < -0.3 is 5.32 Å². The van der Waals surface area contributed by atoms with E-state index in [2.05, 4.69) is 22.6 Å². The van der Waals surface area contributed by atoms with Crippen LogP contribution in [0.4, 0.5) is 4.39 Å². The number of rotatable bonds is 5. The van der Waals surface area contributed by atoms with Gasteiger partial charge in [-0.15, -0.1) is 11.3 Å². The van der Waals surface area contributed by atoms with Crippen molar-refractivity contribution in [2.45, 2.75) is 19.4 Å². The number of thiazole rings is 1. The molecule has 1 N–H and O–H groups in total. The molecule has 0 saturated carbocycles. The van der Waals surface area contributed by atoms with Crippen molar-refractivity contribution < 1.29 is 4.39 Å². The molecular weight excluding hydrogens is 235 g/mol. The zero-order chi connectivity index (χ0) is 12.1. The lowest BCUT2D eigenvalue weighted by atomic mass is 10.1. The van der Waals surface area contributed by atoms with Crippen molar-refractivity contribution in [3.63, 3.8) is 0 Å². The Morgan fingerprint density at radius 2 is 2.12 bits per heavy atom. The molecule has 0 saturated heterocycles. The molecule has 0 fully saturated rings. The maximum absolute atomic E-state index is 12.7. The number of benzene rings is 1. The minimum atomic E-state index is -0.183. The van der Waals surface area contributed by atoms with Crippen LogP contribution < -0.4 is 5.32 Å². The molecule has 1 aromatic heterocycles. The van der Waals surface area contributed by atoms with Gasteiger partial charge >= 0.3 is 0 Å². The van der Waals surface area contributed by atoms with Gasteiger partial charge in [-0.3, -0.25) is 0 Å². The zero-order valence-corrected chi connectivity index (χ0v) is 10.5. The molecule has 2 aromatic rings. The standard InChI is InChI=1S/C13H15FN2S/c1-10(13-8-17-9-16-13)15-7-6-11-2-4-12(14)5-3-11/h2-5,8-10,15H,6-7H2,1H3. The lowest BCUT2D eigenvalue weighted by Gasteiger charge is -2.11. The van der Waals surface area contributed by atoms with Crippen LogP contribution in [0.3, 0.4) is 0 Å². The lowest BCUT2D eigenvalue weighted by molar-refractivity contribution is 0.566. The second-order valence-corrected chi connectivity index (χ2v) is 4.68. The third kappa shape index (κ3) is 3.61. The second kappa shape index (κ2) is 5.89. The molecule has 4 heteroatoms. The first-order chi connectivity index (χ1) is 8.25. The van der Waals surface area contributed by atoms with E-state index < -0.39 is 0 Å². The summed E-state index contributed by atoms with van der Waals surface area (Å²) in [6, 6.07) is 6.91. The van der Waals surface area contributed by atoms with Gasteiger partial charge in [0.1, 0.15) is 5.82 Å². The maximum Gasteiger partial charge on any atom is 0.123 e. The summed E-state index contributed by atoms with van der Waals surface area (Å²) in [6.07, 6.45) is 0.898. The van der Waals surface area contributed by atoms with Crippen LogP contribution in [-0.2, 0) is 6.42 Å². The first-order valence-electron chi connectivity index (χ1n) is 5.61. The van der Waals surface area contributed by atoms with Crippen LogP contribution in [0.25, 0.3) is 0 Å². The van der Waals surface area contributed by atoms with Crippen LogP contribution in [0.2, 0.25) is 0 Å². The van der Waals surface area contributed by atoms with E-state index in [1.807, 2.05) is 17.6 Å². The molecule has 0 bridgehead atoms. The third-order valence-corrected chi connectivity index (χ3v) is 3.28.